The Morgan fingerprint density at radius 2 is 1.88 bits per heavy atom. The van der Waals surface area contributed by atoms with Crippen molar-refractivity contribution < 1.29 is 4.74 Å². The second-order valence-electron chi connectivity index (χ2n) is 6.36. The molecule has 26 heavy (non-hydrogen) atoms. The molecule has 0 saturated heterocycles. The molecular formula is C18H20Cl2N4OS. The summed E-state index contributed by atoms with van der Waals surface area (Å²) in [6.07, 6.45) is 4.65. The topological polar surface area (TPSA) is 59.1 Å². The third kappa shape index (κ3) is 4.55. The molecule has 1 aromatic carbocycles. The predicted molar refractivity (Wildman–Crippen MR) is 109 cm³/mol. The largest absolute Gasteiger partial charge is 0.481 e. The van der Waals surface area contributed by atoms with Crippen molar-refractivity contribution >= 4 is 46.5 Å². The van der Waals surface area contributed by atoms with Crippen LogP contribution < -0.4 is 15.4 Å². The van der Waals surface area contributed by atoms with Crippen molar-refractivity contribution in [3.63, 3.8) is 0 Å². The molecule has 3 rings (SSSR count). The smallest absolute Gasteiger partial charge is 0.233 e. The lowest BCUT2D eigenvalue weighted by molar-refractivity contribution is 0.397. The van der Waals surface area contributed by atoms with Crippen molar-refractivity contribution in [2.45, 2.75) is 31.1 Å². The fourth-order valence-corrected chi connectivity index (χ4v) is 3.84. The molecule has 0 radical (unpaired) electrons. The molecular weight excluding hydrogens is 391 g/mol. The fraction of sp³-hybridized carbons (Fsp3) is 0.389. The molecule has 8 heteroatoms. The summed E-state index contributed by atoms with van der Waals surface area (Å²) in [7, 11) is 1.52. The highest BCUT2D eigenvalue weighted by molar-refractivity contribution is 7.80. The zero-order chi connectivity index (χ0) is 18.6. The van der Waals surface area contributed by atoms with E-state index in [0.717, 1.165) is 24.4 Å². The Kier molecular flexibility index (Phi) is 6.16. The van der Waals surface area contributed by atoms with Crippen LogP contribution >= 0.6 is 35.4 Å². The Bertz CT molecular complexity index is 779. The first kappa shape index (κ1) is 19.1. The molecule has 138 valence electrons. The maximum absolute atomic E-state index is 6.04. The SMILES string of the molecule is COc1cc(Cl)nc(NC(=S)NCC2(c3ccc(Cl)cc3)CCCC2)n1. The van der Waals surface area contributed by atoms with Gasteiger partial charge in [0, 0.05) is 23.0 Å². The Labute approximate surface area is 168 Å². The Morgan fingerprint density at radius 1 is 1.19 bits per heavy atom. The number of methoxy groups -OCH3 is 1. The normalized spacial score (nSPS) is 15.5. The standard InChI is InChI=1S/C18H20Cl2N4OS/c1-25-15-10-14(20)22-16(23-15)24-17(26)21-11-18(8-2-3-9-18)12-4-6-13(19)7-5-12/h4-7,10H,2-3,8-9,11H2,1H3,(H2,21,22,23,24,26). The van der Waals surface area contributed by atoms with Crippen molar-refractivity contribution in [3.8, 4) is 5.88 Å². The highest BCUT2D eigenvalue weighted by Gasteiger charge is 2.35. The lowest BCUT2D eigenvalue weighted by atomic mass is 9.79. The van der Waals surface area contributed by atoms with Gasteiger partial charge >= 0.3 is 0 Å². The number of anilines is 1. The minimum atomic E-state index is 0.0587. The van der Waals surface area contributed by atoms with Gasteiger partial charge in [0.2, 0.25) is 11.8 Å². The molecule has 1 aliphatic carbocycles. The van der Waals surface area contributed by atoms with Crippen molar-refractivity contribution in [1.82, 2.24) is 15.3 Å². The van der Waals surface area contributed by atoms with Crippen LogP contribution in [0.5, 0.6) is 5.88 Å². The van der Waals surface area contributed by atoms with Crippen LogP contribution in [0.4, 0.5) is 5.95 Å². The third-order valence-electron chi connectivity index (χ3n) is 4.71. The zero-order valence-corrected chi connectivity index (χ0v) is 16.7. The highest BCUT2D eigenvalue weighted by Crippen LogP contribution is 2.40. The maximum atomic E-state index is 6.04. The molecule has 0 atom stereocenters. The lowest BCUT2D eigenvalue weighted by Gasteiger charge is -2.30. The fourth-order valence-electron chi connectivity index (χ4n) is 3.38. The number of rotatable bonds is 5. The second kappa shape index (κ2) is 8.37. The summed E-state index contributed by atoms with van der Waals surface area (Å²) in [6, 6.07) is 9.64. The second-order valence-corrected chi connectivity index (χ2v) is 7.59. The number of nitrogens with zero attached hydrogens (tertiary/aromatic N) is 2. The van der Waals surface area contributed by atoms with E-state index in [1.807, 2.05) is 12.1 Å². The summed E-state index contributed by atoms with van der Waals surface area (Å²) < 4.78 is 5.09. The van der Waals surface area contributed by atoms with Gasteiger partial charge in [-0.05, 0) is 42.8 Å². The van der Waals surface area contributed by atoms with Crippen molar-refractivity contribution in [2.75, 3.05) is 19.0 Å². The van der Waals surface area contributed by atoms with Gasteiger partial charge in [-0.25, -0.2) is 4.98 Å². The summed E-state index contributed by atoms with van der Waals surface area (Å²) in [5.74, 6) is 0.683. The number of halogens is 2. The van der Waals surface area contributed by atoms with Crippen LogP contribution in [0.15, 0.2) is 30.3 Å². The molecule has 0 bridgehead atoms. The van der Waals surface area contributed by atoms with Crippen LogP contribution in [0.1, 0.15) is 31.2 Å². The molecule has 1 aliphatic rings. The number of aromatic nitrogens is 2. The van der Waals surface area contributed by atoms with E-state index in [0.29, 0.717) is 16.9 Å². The van der Waals surface area contributed by atoms with Crippen molar-refractivity contribution in [2.24, 2.45) is 0 Å². The van der Waals surface area contributed by atoms with Gasteiger partial charge in [-0.15, -0.1) is 0 Å². The molecule has 0 spiro atoms. The quantitative estimate of drug-likeness (QED) is 0.555. The molecule has 0 aliphatic heterocycles. The Balaban J connectivity index is 1.67. The van der Waals surface area contributed by atoms with E-state index >= 15 is 0 Å². The number of hydrogen-bond donors (Lipinski definition) is 2. The first-order chi connectivity index (χ1) is 12.5. The molecule has 2 N–H and O–H groups in total. The van der Waals surface area contributed by atoms with Crippen LogP contribution in [-0.4, -0.2) is 28.7 Å². The minimum absolute atomic E-state index is 0.0587. The summed E-state index contributed by atoms with van der Waals surface area (Å²) in [6.45, 7) is 0.734. The van der Waals surface area contributed by atoms with E-state index < -0.39 is 0 Å². The Hall–Kier alpha value is -1.63. The summed E-state index contributed by atoms with van der Waals surface area (Å²) in [4.78, 5) is 8.29. The van der Waals surface area contributed by atoms with Crippen LogP contribution in [-0.2, 0) is 5.41 Å². The van der Waals surface area contributed by atoms with Crippen LogP contribution in [0.3, 0.4) is 0 Å². The van der Waals surface area contributed by atoms with Crippen molar-refractivity contribution in [1.29, 1.82) is 0 Å². The third-order valence-corrected chi connectivity index (χ3v) is 5.40. The van der Waals surface area contributed by atoms with Gasteiger partial charge in [-0.1, -0.05) is 48.2 Å². The molecule has 1 heterocycles. The van der Waals surface area contributed by atoms with E-state index in [1.165, 1.54) is 31.6 Å². The number of thiocarbonyl (C=S) groups is 1. The average Bonchev–Trinajstić information content (AvgIpc) is 3.10. The van der Waals surface area contributed by atoms with Gasteiger partial charge in [0.05, 0.1) is 7.11 Å². The van der Waals surface area contributed by atoms with Gasteiger partial charge in [-0.3, -0.25) is 0 Å². The highest BCUT2D eigenvalue weighted by atomic mass is 35.5. The van der Waals surface area contributed by atoms with Gasteiger partial charge in [0.25, 0.3) is 0 Å². The molecule has 0 amide bonds. The zero-order valence-electron chi connectivity index (χ0n) is 14.4. The van der Waals surface area contributed by atoms with Gasteiger partial charge in [0.1, 0.15) is 5.15 Å². The summed E-state index contributed by atoms with van der Waals surface area (Å²) in [5.41, 5.74) is 1.35. The van der Waals surface area contributed by atoms with Crippen LogP contribution in [0, 0.1) is 0 Å². The number of benzene rings is 1. The molecule has 1 aromatic heterocycles. The first-order valence-corrected chi connectivity index (χ1v) is 9.57. The summed E-state index contributed by atoms with van der Waals surface area (Å²) in [5, 5.41) is 7.77. The summed E-state index contributed by atoms with van der Waals surface area (Å²) >= 11 is 17.4. The molecule has 2 aromatic rings. The van der Waals surface area contributed by atoms with E-state index in [2.05, 4.69) is 32.7 Å². The van der Waals surface area contributed by atoms with E-state index in [9.17, 15) is 0 Å². The number of hydrogen-bond acceptors (Lipinski definition) is 4. The van der Waals surface area contributed by atoms with E-state index in [4.69, 9.17) is 40.2 Å². The first-order valence-electron chi connectivity index (χ1n) is 8.40. The van der Waals surface area contributed by atoms with E-state index in [-0.39, 0.29) is 10.6 Å². The van der Waals surface area contributed by atoms with Gasteiger partial charge in [0.15, 0.2) is 5.11 Å². The lowest BCUT2D eigenvalue weighted by Crippen LogP contribution is -2.41. The predicted octanol–water partition coefficient (Wildman–Crippen LogP) is 4.59. The van der Waals surface area contributed by atoms with E-state index in [1.54, 1.807) is 0 Å². The Morgan fingerprint density at radius 3 is 2.54 bits per heavy atom. The van der Waals surface area contributed by atoms with Crippen molar-refractivity contribution in [3.05, 3.63) is 46.1 Å². The van der Waals surface area contributed by atoms with Gasteiger partial charge in [-0.2, -0.15) is 4.98 Å². The maximum Gasteiger partial charge on any atom is 0.233 e. The van der Waals surface area contributed by atoms with Gasteiger partial charge < -0.3 is 15.4 Å². The monoisotopic (exact) mass is 410 g/mol. The van der Waals surface area contributed by atoms with Crippen LogP contribution in [0.25, 0.3) is 0 Å². The van der Waals surface area contributed by atoms with Crippen LogP contribution in [0.2, 0.25) is 10.2 Å². The number of nitrogens with one attached hydrogen (secondary N) is 2. The number of ether oxygens (including phenoxy) is 1. The molecule has 1 saturated carbocycles. The molecule has 5 nitrogen and oxygen atoms in total. The minimum Gasteiger partial charge on any atom is -0.481 e. The molecule has 1 fully saturated rings. The average molecular weight is 411 g/mol. The molecule has 0 unspecified atom stereocenters.